The minimum absolute atomic E-state index is 0.159. The average Bonchev–Trinajstić information content (AvgIpc) is 2.98. The Morgan fingerprint density at radius 1 is 1.17 bits per heavy atom. The summed E-state index contributed by atoms with van der Waals surface area (Å²) < 4.78 is 5.54. The van der Waals surface area contributed by atoms with E-state index in [1.807, 2.05) is 24.3 Å². The molecule has 2 heterocycles. The molecular formula is C15H13ClN4O3S. The predicted octanol–water partition coefficient (Wildman–Crippen LogP) is 2.29. The van der Waals surface area contributed by atoms with Crippen molar-refractivity contribution in [2.24, 2.45) is 0 Å². The monoisotopic (exact) mass is 364 g/mol. The van der Waals surface area contributed by atoms with Gasteiger partial charge in [-0.25, -0.2) is 4.79 Å². The lowest BCUT2D eigenvalue weighted by molar-refractivity contribution is 0.419. The molecule has 3 rings (SSSR count). The molecule has 0 aliphatic heterocycles. The van der Waals surface area contributed by atoms with Crippen LogP contribution in [0.4, 0.5) is 0 Å². The lowest BCUT2D eigenvalue weighted by Crippen LogP contribution is -2.27. The van der Waals surface area contributed by atoms with Gasteiger partial charge in [0.25, 0.3) is 10.8 Å². The number of benzene rings is 1. The topological polar surface area (TPSA) is 105 Å². The normalized spacial score (nSPS) is 10.9. The van der Waals surface area contributed by atoms with Gasteiger partial charge < -0.3 is 9.40 Å². The van der Waals surface area contributed by atoms with Crippen molar-refractivity contribution in [3.8, 4) is 0 Å². The summed E-state index contributed by atoms with van der Waals surface area (Å²) in [6.07, 6.45) is 0.159. The van der Waals surface area contributed by atoms with Crippen LogP contribution in [-0.2, 0) is 12.2 Å². The zero-order valence-electron chi connectivity index (χ0n) is 12.6. The molecule has 0 unspecified atom stereocenters. The Balaban J connectivity index is 1.69. The van der Waals surface area contributed by atoms with Gasteiger partial charge in [-0.1, -0.05) is 35.5 Å². The highest BCUT2D eigenvalue weighted by molar-refractivity contribution is 7.98. The Kier molecular flexibility index (Phi) is 4.86. The molecule has 0 radical (unpaired) electrons. The van der Waals surface area contributed by atoms with E-state index in [1.165, 1.54) is 11.8 Å². The lowest BCUT2D eigenvalue weighted by atomic mass is 10.2. The highest BCUT2D eigenvalue weighted by atomic mass is 35.5. The Morgan fingerprint density at radius 2 is 1.92 bits per heavy atom. The summed E-state index contributed by atoms with van der Waals surface area (Å²) in [6.45, 7) is 1.65. The van der Waals surface area contributed by atoms with Crippen LogP contribution < -0.4 is 11.2 Å². The van der Waals surface area contributed by atoms with Crippen LogP contribution in [-0.4, -0.2) is 20.2 Å². The van der Waals surface area contributed by atoms with E-state index in [2.05, 4.69) is 20.2 Å². The summed E-state index contributed by atoms with van der Waals surface area (Å²) >= 11 is 7.24. The number of nitrogens with one attached hydrogen (secondary N) is 2. The minimum atomic E-state index is -0.536. The number of hydrogen-bond acceptors (Lipinski definition) is 6. The van der Waals surface area contributed by atoms with Crippen LogP contribution in [0.5, 0.6) is 0 Å². The van der Waals surface area contributed by atoms with E-state index >= 15 is 0 Å². The zero-order chi connectivity index (χ0) is 17.1. The van der Waals surface area contributed by atoms with Gasteiger partial charge in [-0.15, -0.1) is 10.2 Å². The van der Waals surface area contributed by atoms with Crippen LogP contribution in [0, 0.1) is 6.92 Å². The van der Waals surface area contributed by atoms with Crippen LogP contribution in [0.3, 0.4) is 0 Å². The van der Waals surface area contributed by atoms with Crippen LogP contribution in [0.25, 0.3) is 0 Å². The molecule has 7 nitrogen and oxygen atoms in total. The number of hydrogen-bond donors (Lipinski definition) is 2. The average molecular weight is 365 g/mol. The number of aromatic nitrogens is 4. The number of H-pyrrole nitrogens is 2. The van der Waals surface area contributed by atoms with Gasteiger partial charge in [-0.2, -0.15) is 0 Å². The van der Waals surface area contributed by atoms with E-state index < -0.39 is 11.2 Å². The second-order valence-corrected chi connectivity index (χ2v) is 6.43. The summed E-state index contributed by atoms with van der Waals surface area (Å²) in [5, 5.41) is 9.00. The van der Waals surface area contributed by atoms with Crippen molar-refractivity contribution in [1.82, 2.24) is 20.2 Å². The zero-order valence-corrected chi connectivity index (χ0v) is 14.2. The quantitative estimate of drug-likeness (QED) is 0.673. The maximum absolute atomic E-state index is 11.8. The molecule has 0 amide bonds. The summed E-state index contributed by atoms with van der Waals surface area (Å²) in [6, 6.07) is 7.50. The van der Waals surface area contributed by atoms with Crippen molar-refractivity contribution < 1.29 is 4.42 Å². The molecule has 124 valence electrons. The van der Waals surface area contributed by atoms with Crippen LogP contribution in [0.15, 0.2) is 43.5 Å². The van der Waals surface area contributed by atoms with E-state index in [0.29, 0.717) is 33.1 Å². The molecule has 0 saturated heterocycles. The summed E-state index contributed by atoms with van der Waals surface area (Å²) in [5.41, 5.74) is 0.970. The van der Waals surface area contributed by atoms with Crippen molar-refractivity contribution in [2.75, 3.05) is 0 Å². The van der Waals surface area contributed by atoms with Crippen molar-refractivity contribution >= 4 is 23.4 Å². The Bertz CT molecular complexity index is 962. The summed E-state index contributed by atoms with van der Waals surface area (Å²) in [4.78, 5) is 27.7. The van der Waals surface area contributed by atoms with Crippen molar-refractivity contribution in [2.45, 2.75) is 24.3 Å². The van der Waals surface area contributed by atoms with Gasteiger partial charge in [-0.3, -0.25) is 9.78 Å². The smallest absolute Gasteiger partial charge is 0.325 e. The van der Waals surface area contributed by atoms with Gasteiger partial charge >= 0.3 is 5.69 Å². The second-order valence-electron chi connectivity index (χ2n) is 5.07. The first-order valence-electron chi connectivity index (χ1n) is 7.03. The van der Waals surface area contributed by atoms with E-state index in [1.54, 1.807) is 6.92 Å². The molecule has 0 atom stereocenters. The van der Waals surface area contributed by atoms with Gasteiger partial charge in [0.05, 0.1) is 6.42 Å². The molecule has 0 bridgehead atoms. The Morgan fingerprint density at radius 3 is 2.62 bits per heavy atom. The Labute approximate surface area is 145 Å². The van der Waals surface area contributed by atoms with Crippen LogP contribution >= 0.6 is 23.4 Å². The van der Waals surface area contributed by atoms with Gasteiger partial charge in [0.1, 0.15) is 0 Å². The first kappa shape index (κ1) is 16.5. The van der Waals surface area contributed by atoms with E-state index in [0.717, 1.165) is 5.56 Å². The lowest BCUT2D eigenvalue weighted by Gasteiger charge is -2.00. The highest BCUT2D eigenvalue weighted by Crippen LogP contribution is 2.23. The molecule has 3 aromatic rings. The molecule has 0 spiro atoms. The molecule has 2 aromatic heterocycles. The van der Waals surface area contributed by atoms with E-state index in [9.17, 15) is 9.59 Å². The molecule has 0 aliphatic rings. The van der Waals surface area contributed by atoms with Crippen molar-refractivity contribution in [3.63, 3.8) is 0 Å². The molecule has 1 aromatic carbocycles. The summed E-state index contributed by atoms with van der Waals surface area (Å²) in [5.74, 6) is 0.978. The number of aromatic amines is 2. The molecule has 2 N–H and O–H groups in total. The summed E-state index contributed by atoms with van der Waals surface area (Å²) in [7, 11) is 0. The maximum Gasteiger partial charge on any atom is 0.325 e. The predicted molar refractivity (Wildman–Crippen MR) is 90.5 cm³/mol. The third kappa shape index (κ3) is 3.95. The van der Waals surface area contributed by atoms with Crippen LogP contribution in [0.2, 0.25) is 5.02 Å². The molecule has 0 saturated carbocycles. The molecule has 0 fully saturated rings. The van der Waals surface area contributed by atoms with E-state index in [4.69, 9.17) is 16.0 Å². The first-order chi connectivity index (χ1) is 11.5. The van der Waals surface area contributed by atoms with Gasteiger partial charge in [-0.05, 0) is 24.6 Å². The van der Waals surface area contributed by atoms with E-state index in [-0.39, 0.29) is 6.42 Å². The van der Waals surface area contributed by atoms with Crippen molar-refractivity contribution in [3.05, 3.63) is 72.8 Å². The fourth-order valence-electron chi connectivity index (χ4n) is 2.08. The molecule has 0 aliphatic carbocycles. The molecular weight excluding hydrogens is 352 g/mol. The maximum atomic E-state index is 11.8. The first-order valence-corrected chi connectivity index (χ1v) is 8.39. The fraction of sp³-hybridized carbons (Fsp3) is 0.200. The van der Waals surface area contributed by atoms with Gasteiger partial charge in [0.2, 0.25) is 5.89 Å². The third-order valence-corrected chi connectivity index (χ3v) is 4.45. The number of aryl methyl sites for hydroxylation is 1. The number of rotatable bonds is 5. The number of nitrogens with zero attached hydrogens (tertiary/aromatic N) is 2. The minimum Gasteiger partial charge on any atom is -0.416 e. The van der Waals surface area contributed by atoms with Crippen LogP contribution in [0.1, 0.15) is 22.7 Å². The largest absolute Gasteiger partial charge is 0.416 e. The van der Waals surface area contributed by atoms with Crippen molar-refractivity contribution in [1.29, 1.82) is 0 Å². The second kappa shape index (κ2) is 7.06. The molecule has 24 heavy (non-hydrogen) atoms. The Hall–Kier alpha value is -2.32. The fourth-order valence-corrected chi connectivity index (χ4v) is 2.95. The SMILES string of the molecule is Cc1[nH]c(=O)[nH]c(=O)c1Cc1nnc(SCc2ccc(Cl)cc2)o1. The standard InChI is InChI=1S/C15H13ClN4O3S/c1-8-11(13(21)18-14(22)17-8)6-12-19-20-15(23-12)24-7-9-2-4-10(16)5-3-9/h2-5H,6-7H2,1H3,(H2,17,18,21,22). The van der Waals surface area contributed by atoms with Gasteiger partial charge in [0, 0.05) is 22.0 Å². The third-order valence-electron chi connectivity index (χ3n) is 3.31. The molecule has 9 heteroatoms. The number of halogens is 1. The van der Waals surface area contributed by atoms with Gasteiger partial charge in [0.15, 0.2) is 0 Å². The number of thioether (sulfide) groups is 1. The highest BCUT2D eigenvalue weighted by Gasteiger charge is 2.13.